The van der Waals surface area contributed by atoms with Gasteiger partial charge in [0.15, 0.2) is 0 Å². The molecule has 0 saturated carbocycles. The standard InChI is InChI=1S/C14H20BrFN2O2/c1-2-12(19)6-8-18-14(20)17-7-5-10-9-11(15)3-4-13(10)16/h3-4,9,12,19H,2,5-8H2,1H3,(H2,17,18,20). The monoisotopic (exact) mass is 346 g/mol. The van der Waals surface area contributed by atoms with Crippen LogP contribution in [0.2, 0.25) is 0 Å². The zero-order valence-electron chi connectivity index (χ0n) is 11.5. The number of benzene rings is 1. The van der Waals surface area contributed by atoms with Crippen molar-refractivity contribution >= 4 is 22.0 Å². The minimum atomic E-state index is -0.383. The van der Waals surface area contributed by atoms with Crippen molar-refractivity contribution in [2.45, 2.75) is 32.3 Å². The van der Waals surface area contributed by atoms with Gasteiger partial charge in [0, 0.05) is 17.6 Å². The fraction of sp³-hybridized carbons (Fsp3) is 0.500. The van der Waals surface area contributed by atoms with E-state index in [2.05, 4.69) is 26.6 Å². The van der Waals surface area contributed by atoms with Crippen LogP contribution in [0.4, 0.5) is 9.18 Å². The predicted molar refractivity (Wildman–Crippen MR) is 80.1 cm³/mol. The molecule has 0 aliphatic carbocycles. The molecular formula is C14H20BrFN2O2. The number of hydrogen-bond donors (Lipinski definition) is 3. The van der Waals surface area contributed by atoms with E-state index in [1.807, 2.05) is 6.92 Å². The average Bonchev–Trinajstić information content (AvgIpc) is 2.42. The Balaban J connectivity index is 2.23. The first-order chi connectivity index (χ1) is 9.52. The number of nitrogens with one attached hydrogen (secondary N) is 2. The summed E-state index contributed by atoms with van der Waals surface area (Å²) in [4.78, 5) is 11.4. The molecule has 0 saturated heterocycles. The Hall–Kier alpha value is -1.14. The van der Waals surface area contributed by atoms with Crippen molar-refractivity contribution < 1.29 is 14.3 Å². The molecule has 6 heteroatoms. The first-order valence-corrected chi connectivity index (χ1v) is 7.46. The van der Waals surface area contributed by atoms with Gasteiger partial charge < -0.3 is 15.7 Å². The van der Waals surface area contributed by atoms with Gasteiger partial charge in [-0.05, 0) is 43.0 Å². The fourth-order valence-corrected chi connectivity index (χ4v) is 2.07. The van der Waals surface area contributed by atoms with Gasteiger partial charge in [-0.1, -0.05) is 22.9 Å². The smallest absolute Gasteiger partial charge is 0.314 e. The molecule has 0 aliphatic heterocycles. The number of amides is 2. The molecule has 4 nitrogen and oxygen atoms in total. The van der Waals surface area contributed by atoms with E-state index in [9.17, 15) is 14.3 Å². The molecule has 2 amide bonds. The Kier molecular flexibility index (Phi) is 7.54. The van der Waals surface area contributed by atoms with Gasteiger partial charge in [-0.2, -0.15) is 0 Å². The summed E-state index contributed by atoms with van der Waals surface area (Å²) in [5.74, 6) is -0.276. The van der Waals surface area contributed by atoms with Gasteiger partial charge in [0.25, 0.3) is 0 Å². The van der Waals surface area contributed by atoms with Gasteiger partial charge in [0.05, 0.1) is 6.10 Å². The number of urea groups is 1. The lowest BCUT2D eigenvalue weighted by atomic mass is 10.1. The molecule has 0 bridgehead atoms. The van der Waals surface area contributed by atoms with E-state index in [1.165, 1.54) is 6.07 Å². The van der Waals surface area contributed by atoms with Crippen LogP contribution in [-0.2, 0) is 6.42 Å². The highest BCUT2D eigenvalue weighted by molar-refractivity contribution is 9.10. The molecule has 0 radical (unpaired) electrons. The number of rotatable bonds is 7. The molecule has 1 aromatic rings. The number of carbonyl (C=O) groups excluding carboxylic acids is 1. The van der Waals surface area contributed by atoms with Gasteiger partial charge in [-0.15, -0.1) is 0 Å². The summed E-state index contributed by atoms with van der Waals surface area (Å²) >= 11 is 3.28. The summed E-state index contributed by atoms with van der Waals surface area (Å²) in [6.45, 7) is 2.67. The zero-order chi connectivity index (χ0) is 15.0. The molecule has 1 rings (SSSR count). The molecule has 0 fully saturated rings. The van der Waals surface area contributed by atoms with Gasteiger partial charge in [0.1, 0.15) is 5.82 Å². The van der Waals surface area contributed by atoms with Crippen LogP contribution in [0.25, 0.3) is 0 Å². The third-order valence-corrected chi connectivity index (χ3v) is 3.42. The lowest BCUT2D eigenvalue weighted by Crippen LogP contribution is -2.38. The second kappa shape index (κ2) is 8.92. The number of hydrogen-bond acceptors (Lipinski definition) is 2. The van der Waals surface area contributed by atoms with Crippen molar-refractivity contribution in [2.75, 3.05) is 13.1 Å². The Labute approximate surface area is 126 Å². The molecule has 1 aromatic carbocycles. The quantitative estimate of drug-likeness (QED) is 0.710. The molecule has 20 heavy (non-hydrogen) atoms. The zero-order valence-corrected chi connectivity index (χ0v) is 13.0. The summed E-state index contributed by atoms with van der Waals surface area (Å²) in [6, 6.07) is 4.43. The van der Waals surface area contributed by atoms with Gasteiger partial charge in [-0.25, -0.2) is 9.18 Å². The van der Waals surface area contributed by atoms with Crippen LogP contribution < -0.4 is 10.6 Å². The summed E-state index contributed by atoms with van der Waals surface area (Å²) in [7, 11) is 0. The van der Waals surface area contributed by atoms with Crippen molar-refractivity contribution in [2.24, 2.45) is 0 Å². The second-order valence-electron chi connectivity index (χ2n) is 4.52. The van der Waals surface area contributed by atoms with Crippen LogP contribution >= 0.6 is 15.9 Å². The molecule has 3 N–H and O–H groups in total. The third-order valence-electron chi connectivity index (χ3n) is 2.92. The topological polar surface area (TPSA) is 61.4 Å². The summed E-state index contributed by atoms with van der Waals surface area (Å²) < 4.78 is 14.3. The number of halogens is 2. The van der Waals surface area contributed by atoms with Gasteiger partial charge in [0.2, 0.25) is 0 Å². The molecule has 1 unspecified atom stereocenters. The Bertz CT molecular complexity index is 443. The van der Waals surface area contributed by atoms with Crippen LogP contribution in [0, 0.1) is 5.82 Å². The van der Waals surface area contributed by atoms with Crippen LogP contribution in [0.3, 0.4) is 0 Å². The van der Waals surface area contributed by atoms with Crippen LogP contribution in [0.1, 0.15) is 25.3 Å². The van der Waals surface area contributed by atoms with Gasteiger partial charge >= 0.3 is 6.03 Å². The average molecular weight is 347 g/mol. The molecule has 0 spiro atoms. The Morgan fingerprint density at radius 3 is 2.80 bits per heavy atom. The molecule has 112 valence electrons. The lowest BCUT2D eigenvalue weighted by Gasteiger charge is -2.10. The number of aliphatic hydroxyl groups is 1. The van der Waals surface area contributed by atoms with E-state index in [1.54, 1.807) is 12.1 Å². The third kappa shape index (κ3) is 6.34. The first-order valence-electron chi connectivity index (χ1n) is 6.66. The van der Waals surface area contributed by atoms with E-state index in [4.69, 9.17) is 0 Å². The first kappa shape index (κ1) is 16.9. The van der Waals surface area contributed by atoms with E-state index in [-0.39, 0.29) is 18.0 Å². The van der Waals surface area contributed by atoms with Crippen molar-refractivity contribution in [1.82, 2.24) is 10.6 Å². The van der Waals surface area contributed by atoms with Crippen molar-refractivity contribution in [3.8, 4) is 0 Å². The minimum Gasteiger partial charge on any atom is -0.393 e. The molecule has 0 heterocycles. The maximum Gasteiger partial charge on any atom is 0.314 e. The van der Waals surface area contributed by atoms with Crippen LogP contribution in [0.5, 0.6) is 0 Å². The number of carbonyl (C=O) groups is 1. The largest absolute Gasteiger partial charge is 0.393 e. The normalized spacial score (nSPS) is 12.0. The second-order valence-corrected chi connectivity index (χ2v) is 5.43. The van der Waals surface area contributed by atoms with Crippen molar-refractivity contribution in [3.63, 3.8) is 0 Å². The van der Waals surface area contributed by atoms with Gasteiger partial charge in [-0.3, -0.25) is 0 Å². The van der Waals surface area contributed by atoms with E-state index in [0.717, 1.165) is 4.47 Å². The summed E-state index contributed by atoms with van der Waals surface area (Å²) in [6.07, 6.45) is 1.25. The molecular weight excluding hydrogens is 327 g/mol. The van der Waals surface area contributed by atoms with E-state index >= 15 is 0 Å². The fourth-order valence-electron chi connectivity index (χ4n) is 1.66. The SMILES string of the molecule is CCC(O)CCNC(=O)NCCc1cc(Br)ccc1F. The van der Waals surface area contributed by atoms with Crippen molar-refractivity contribution in [1.29, 1.82) is 0 Å². The highest BCUT2D eigenvalue weighted by Gasteiger charge is 2.05. The van der Waals surface area contributed by atoms with Crippen LogP contribution in [-0.4, -0.2) is 30.3 Å². The Morgan fingerprint density at radius 2 is 2.10 bits per heavy atom. The highest BCUT2D eigenvalue weighted by atomic mass is 79.9. The molecule has 0 aliphatic rings. The number of aliphatic hydroxyl groups excluding tert-OH is 1. The summed E-state index contributed by atoms with van der Waals surface area (Å²) in [5, 5.41) is 14.6. The minimum absolute atomic E-state index is 0.276. The van der Waals surface area contributed by atoms with Crippen LogP contribution in [0.15, 0.2) is 22.7 Å². The lowest BCUT2D eigenvalue weighted by molar-refractivity contribution is 0.160. The maximum absolute atomic E-state index is 13.4. The summed E-state index contributed by atoms with van der Waals surface area (Å²) in [5.41, 5.74) is 0.557. The Morgan fingerprint density at radius 1 is 1.40 bits per heavy atom. The van der Waals surface area contributed by atoms with Crippen molar-refractivity contribution in [3.05, 3.63) is 34.1 Å². The maximum atomic E-state index is 13.4. The molecule has 1 atom stereocenters. The van der Waals surface area contributed by atoms with E-state index in [0.29, 0.717) is 37.9 Å². The highest BCUT2D eigenvalue weighted by Crippen LogP contribution is 2.15. The predicted octanol–water partition coefficient (Wildman–Crippen LogP) is 2.59. The van der Waals surface area contributed by atoms with E-state index < -0.39 is 0 Å². The molecule has 0 aromatic heterocycles.